The molecular weight excluding hydrogens is 214 g/mol. The van der Waals surface area contributed by atoms with Gasteiger partial charge in [-0.25, -0.2) is 9.97 Å². The zero-order valence-corrected chi connectivity index (χ0v) is 9.05. The highest BCUT2D eigenvalue weighted by Gasteiger charge is 2.13. The van der Waals surface area contributed by atoms with Crippen LogP contribution < -0.4 is 5.32 Å². The van der Waals surface area contributed by atoms with Crippen molar-refractivity contribution in [2.75, 3.05) is 5.88 Å². The molecule has 4 nitrogen and oxygen atoms in total. The average Bonchev–Trinajstić information content (AvgIpc) is 2.72. The summed E-state index contributed by atoms with van der Waals surface area (Å²) in [6, 6.07) is 0. The molecule has 2 rings (SSSR count). The molecule has 0 aromatic carbocycles. The maximum absolute atomic E-state index is 10.9. The number of alkyl halides is 1. The molecule has 1 N–H and O–H groups in total. The van der Waals surface area contributed by atoms with Gasteiger partial charge in [-0.3, -0.25) is 4.79 Å². The van der Waals surface area contributed by atoms with Crippen molar-refractivity contribution in [3.8, 4) is 0 Å². The van der Waals surface area contributed by atoms with Crippen molar-refractivity contribution >= 4 is 17.5 Å². The van der Waals surface area contributed by atoms with Crippen molar-refractivity contribution in [1.29, 1.82) is 0 Å². The first kappa shape index (κ1) is 10.4. The molecule has 1 amide bonds. The first-order valence-electron chi connectivity index (χ1n) is 4.96. The number of aromatic nitrogens is 2. The molecule has 0 unspecified atom stereocenters. The lowest BCUT2D eigenvalue weighted by molar-refractivity contribution is -0.118. The Bertz CT molecular complexity index is 381. The van der Waals surface area contributed by atoms with Crippen LogP contribution in [-0.2, 0) is 24.2 Å². The molecule has 0 spiro atoms. The summed E-state index contributed by atoms with van der Waals surface area (Å²) >= 11 is 5.36. The lowest BCUT2D eigenvalue weighted by atomic mass is 10.3. The summed E-state index contributed by atoms with van der Waals surface area (Å²) in [7, 11) is 0. The van der Waals surface area contributed by atoms with Gasteiger partial charge in [0.15, 0.2) is 0 Å². The van der Waals surface area contributed by atoms with E-state index < -0.39 is 0 Å². The van der Waals surface area contributed by atoms with Gasteiger partial charge in [0.25, 0.3) is 0 Å². The lowest BCUT2D eigenvalue weighted by Crippen LogP contribution is -2.25. The molecule has 1 aliphatic rings. The fourth-order valence-electron chi connectivity index (χ4n) is 1.67. The third-order valence-electron chi connectivity index (χ3n) is 2.43. The average molecular weight is 226 g/mol. The Labute approximate surface area is 93.1 Å². The van der Waals surface area contributed by atoms with E-state index in [-0.39, 0.29) is 11.8 Å². The number of fused-ring (bicyclic) bond motifs is 1. The number of aryl methyl sites for hydroxylation is 2. The van der Waals surface area contributed by atoms with Crippen LogP contribution in [0.3, 0.4) is 0 Å². The Hall–Kier alpha value is -1.16. The predicted molar refractivity (Wildman–Crippen MR) is 56.6 cm³/mol. The molecule has 1 heterocycles. The molecular formula is C10H12ClN3O. The SMILES string of the molecule is O=C(CCl)NCc1ncc2c(n1)CCC2. The van der Waals surface area contributed by atoms with Gasteiger partial charge in [0.05, 0.1) is 6.54 Å². The van der Waals surface area contributed by atoms with Crippen LogP contribution in [-0.4, -0.2) is 21.8 Å². The third kappa shape index (κ3) is 2.45. The van der Waals surface area contributed by atoms with Crippen LogP contribution in [0, 0.1) is 0 Å². The molecule has 0 saturated carbocycles. The van der Waals surface area contributed by atoms with Crippen molar-refractivity contribution in [2.45, 2.75) is 25.8 Å². The van der Waals surface area contributed by atoms with Gasteiger partial charge < -0.3 is 5.32 Å². The fraction of sp³-hybridized carbons (Fsp3) is 0.500. The molecule has 0 atom stereocenters. The van der Waals surface area contributed by atoms with E-state index >= 15 is 0 Å². The van der Waals surface area contributed by atoms with Gasteiger partial charge in [0, 0.05) is 11.9 Å². The summed E-state index contributed by atoms with van der Waals surface area (Å²) in [5.41, 5.74) is 2.36. The maximum Gasteiger partial charge on any atom is 0.235 e. The van der Waals surface area contributed by atoms with Crippen LogP contribution in [0.25, 0.3) is 0 Å². The Morgan fingerprint density at radius 2 is 2.40 bits per heavy atom. The summed E-state index contributed by atoms with van der Waals surface area (Å²) in [6.45, 7) is 0.360. The van der Waals surface area contributed by atoms with E-state index in [1.165, 1.54) is 5.56 Å². The topological polar surface area (TPSA) is 54.9 Å². The number of hydrogen-bond donors (Lipinski definition) is 1. The van der Waals surface area contributed by atoms with E-state index in [1.54, 1.807) is 0 Å². The molecule has 1 aromatic rings. The monoisotopic (exact) mass is 225 g/mol. The van der Waals surface area contributed by atoms with E-state index in [2.05, 4.69) is 15.3 Å². The quantitative estimate of drug-likeness (QED) is 0.775. The van der Waals surface area contributed by atoms with E-state index in [0.29, 0.717) is 12.4 Å². The van der Waals surface area contributed by atoms with E-state index in [1.807, 2.05) is 6.20 Å². The van der Waals surface area contributed by atoms with Gasteiger partial charge >= 0.3 is 0 Å². The van der Waals surface area contributed by atoms with Crippen molar-refractivity contribution in [3.63, 3.8) is 0 Å². The number of carbonyl (C=O) groups is 1. The lowest BCUT2D eigenvalue weighted by Gasteiger charge is -2.03. The summed E-state index contributed by atoms with van der Waals surface area (Å²) < 4.78 is 0. The Morgan fingerprint density at radius 1 is 1.53 bits per heavy atom. The largest absolute Gasteiger partial charge is 0.348 e. The maximum atomic E-state index is 10.9. The third-order valence-corrected chi connectivity index (χ3v) is 2.67. The number of amides is 1. The summed E-state index contributed by atoms with van der Waals surface area (Å²) in [6.07, 6.45) is 5.11. The Morgan fingerprint density at radius 3 is 3.20 bits per heavy atom. The highest BCUT2D eigenvalue weighted by atomic mass is 35.5. The number of carbonyl (C=O) groups excluding carboxylic acids is 1. The van der Waals surface area contributed by atoms with Crippen molar-refractivity contribution in [2.24, 2.45) is 0 Å². The standard InChI is InChI=1S/C10H12ClN3O/c11-4-10(15)13-6-9-12-5-7-2-1-3-8(7)14-9/h5H,1-4,6H2,(H,13,15). The number of halogens is 1. The van der Waals surface area contributed by atoms with Gasteiger partial charge in [-0.05, 0) is 24.8 Å². The summed E-state index contributed by atoms with van der Waals surface area (Å²) in [4.78, 5) is 19.5. The number of nitrogens with zero attached hydrogens (tertiary/aromatic N) is 2. The summed E-state index contributed by atoms with van der Waals surface area (Å²) in [5.74, 6) is 0.445. The second-order valence-electron chi connectivity index (χ2n) is 3.52. The normalized spacial score (nSPS) is 13.7. The zero-order chi connectivity index (χ0) is 10.7. The van der Waals surface area contributed by atoms with Gasteiger partial charge in [0.2, 0.25) is 5.91 Å². The molecule has 1 aliphatic carbocycles. The first-order chi connectivity index (χ1) is 7.29. The van der Waals surface area contributed by atoms with Crippen LogP contribution in [0.4, 0.5) is 0 Å². The molecule has 5 heteroatoms. The van der Waals surface area contributed by atoms with E-state index in [9.17, 15) is 4.79 Å². The number of hydrogen-bond acceptors (Lipinski definition) is 3. The van der Waals surface area contributed by atoms with Crippen LogP contribution in [0.2, 0.25) is 0 Å². The Balaban J connectivity index is 2.01. The smallest absolute Gasteiger partial charge is 0.235 e. The van der Waals surface area contributed by atoms with Crippen molar-refractivity contribution in [3.05, 3.63) is 23.3 Å². The van der Waals surface area contributed by atoms with Gasteiger partial charge in [-0.1, -0.05) is 0 Å². The molecule has 0 radical (unpaired) electrons. The second-order valence-corrected chi connectivity index (χ2v) is 3.79. The van der Waals surface area contributed by atoms with Gasteiger partial charge in [0.1, 0.15) is 11.7 Å². The highest BCUT2D eigenvalue weighted by molar-refractivity contribution is 6.27. The first-order valence-corrected chi connectivity index (χ1v) is 5.49. The molecule has 0 fully saturated rings. The predicted octanol–water partition coefficient (Wildman–Crippen LogP) is 0.820. The number of nitrogens with one attached hydrogen (secondary N) is 1. The van der Waals surface area contributed by atoms with Crippen molar-refractivity contribution < 1.29 is 4.79 Å². The molecule has 15 heavy (non-hydrogen) atoms. The van der Waals surface area contributed by atoms with Gasteiger partial charge in [-0.15, -0.1) is 11.6 Å². The van der Waals surface area contributed by atoms with Crippen LogP contribution in [0.5, 0.6) is 0 Å². The molecule has 80 valence electrons. The molecule has 0 bridgehead atoms. The van der Waals surface area contributed by atoms with Crippen LogP contribution >= 0.6 is 11.6 Å². The Kier molecular flexibility index (Phi) is 3.16. The molecule has 1 aromatic heterocycles. The van der Waals surface area contributed by atoms with E-state index in [4.69, 9.17) is 11.6 Å². The van der Waals surface area contributed by atoms with Crippen LogP contribution in [0.15, 0.2) is 6.20 Å². The molecule has 0 aliphatic heterocycles. The minimum absolute atomic E-state index is 0.0229. The minimum Gasteiger partial charge on any atom is -0.348 e. The molecule has 0 saturated heterocycles. The zero-order valence-electron chi connectivity index (χ0n) is 8.29. The van der Waals surface area contributed by atoms with Crippen molar-refractivity contribution in [1.82, 2.24) is 15.3 Å². The minimum atomic E-state index is -0.194. The van der Waals surface area contributed by atoms with E-state index in [0.717, 1.165) is 25.0 Å². The van der Waals surface area contributed by atoms with Crippen LogP contribution in [0.1, 0.15) is 23.5 Å². The number of rotatable bonds is 3. The second kappa shape index (κ2) is 4.57. The van der Waals surface area contributed by atoms with Gasteiger partial charge in [-0.2, -0.15) is 0 Å². The summed E-state index contributed by atoms with van der Waals surface area (Å²) in [5, 5.41) is 2.64. The highest BCUT2D eigenvalue weighted by Crippen LogP contribution is 2.18. The fourth-order valence-corrected chi connectivity index (χ4v) is 1.76.